The van der Waals surface area contributed by atoms with Crippen molar-refractivity contribution in [2.45, 2.75) is 25.4 Å². The number of halogens is 2. The number of anilines is 1. The molecule has 0 amide bonds. The molecule has 2 aromatic carbocycles. The molecule has 2 N–H and O–H groups in total. The molecule has 0 aliphatic heterocycles. The van der Waals surface area contributed by atoms with Crippen molar-refractivity contribution in [2.75, 3.05) is 19.5 Å². The Bertz CT molecular complexity index is 688. The predicted molar refractivity (Wildman–Crippen MR) is 90.3 cm³/mol. The van der Waals surface area contributed by atoms with E-state index >= 15 is 0 Å². The van der Waals surface area contributed by atoms with Crippen LogP contribution in [0.15, 0.2) is 42.5 Å². The Morgan fingerprint density at radius 2 is 1.92 bits per heavy atom. The summed E-state index contributed by atoms with van der Waals surface area (Å²) in [6, 6.07) is 12.6. The number of nitrogen functional groups attached to an aromatic ring is 1. The maximum absolute atomic E-state index is 12.2. The first kappa shape index (κ1) is 16.7. The largest absolute Gasteiger partial charge is 0.435 e. The zero-order valence-electron chi connectivity index (χ0n) is 13.5. The van der Waals surface area contributed by atoms with Gasteiger partial charge in [-0.3, -0.25) is 0 Å². The highest BCUT2D eigenvalue weighted by Crippen LogP contribution is 2.52. The van der Waals surface area contributed by atoms with Gasteiger partial charge in [-0.15, -0.1) is 0 Å². The molecule has 1 fully saturated rings. The van der Waals surface area contributed by atoms with Gasteiger partial charge >= 0.3 is 6.61 Å². The van der Waals surface area contributed by atoms with E-state index in [2.05, 4.69) is 10.8 Å². The molecule has 128 valence electrons. The van der Waals surface area contributed by atoms with Gasteiger partial charge in [-0.2, -0.15) is 8.78 Å². The van der Waals surface area contributed by atoms with E-state index in [1.165, 1.54) is 17.7 Å². The molecule has 0 aromatic heterocycles. The summed E-state index contributed by atoms with van der Waals surface area (Å²) in [5, 5.41) is 0. The van der Waals surface area contributed by atoms with Gasteiger partial charge in [0, 0.05) is 25.0 Å². The normalized spacial score (nSPS) is 19.5. The topological polar surface area (TPSA) is 44.5 Å². The summed E-state index contributed by atoms with van der Waals surface area (Å²) in [5.74, 6) is 1.26. The van der Waals surface area contributed by atoms with Crippen molar-refractivity contribution in [3.8, 4) is 16.9 Å². The van der Waals surface area contributed by atoms with Gasteiger partial charge < -0.3 is 15.2 Å². The third kappa shape index (κ3) is 3.67. The summed E-state index contributed by atoms with van der Waals surface area (Å²) < 4.78 is 34.0. The van der Waals surface area contributed by atoms with Crippen LogP contribution in [0.4, 0.5) is 14.5 Å². The standard InChI is InChI=1S/C19H21F2NO2/c1-23-10-9-13-11-17(13)16-4-2-3-15(18(16)22)12-5-7-14(8-6-12)24-19(20)21/h2-8,13,17,19H,9-11,22H2,1H3. The zero-order valence-corrected chi connectivity index (χ0v) is 13.5. The Morgan fingerprint density at radius 1 is 1.17 bits per heavy atom. The van der Waals surface area contributed by atoms with Gasteiger partial charge in [0.1, 0.15) is 5.75 Å². The average Bonchev–Trinajstić information content (AvgIpc) is 3.33. The molecular weight excluding hydrogens is 312 g/mol. The Balaban J connectivity index is 1.78. The predicted octanol–water partition coefficient (Wildman–Crippen LogP) is 4.68. The van der Waals surface area contributed by atoms with Crippen molar-refractivity contribution in [3.63, 3.8) is 0 Å². The van der Waals surface area contributed by atoms with E-state index in [1.807, 2.05) is 12.1 Å². The summed E-state index contributed by atoms with van der Waals surface area (Å²) in [5.41, 5.74) is 10.1. The van der Waals surface area contributed by atoms with Crippen LogP contribution >= 0.6 is 0 Å². The molecule has 1 aliphatic rings. The molecule has 24 heavy (non-hydrogen) atoms. The second kappa shape index (κ2) is 7.18. The molecule has 2 unspecified atom stereocenters. The third-order valence-corrected chi connectivity index (χ3v) is 4.55. The number of hydrogen-bond acceptors (Lipinski definition) is 3. The minimum atomic E-state index is -2.82. The molecule has 2 aromatic rings. The monoisotopic (exact) mass is 333 g/mol. The molecule has 0 bridgehead atoms. The molecule has 3 nitrogen and oxygen atoms in total. The van der Waals surface area contributed by atoms with Crippen LogP contribution in [-0.4, -0.2) is 20.3 Å². The van der Waals surface area contributed by atoms with Gasteiger partial charge in [0.15, 0.2) is 0 Å². The molecule has 0 saturated heterocycles. The number of nitrogens with two attached hydrogens (primary N) is 1. The van der Waals surface area contributed by atoms with Crippen LogP contribution in [0.1, 0.15) is 24.3 Å². The van der Waals surface area contributed by atoms with E-state index in [9.17, 15) is 8.78 Å². The Kier molecular flexibility index (Phi) is 5.00. The number of hydrogen-bond donors (Lipinski definition) is 1. The Labute approximate surface area is 140 Å². The summed E-state index contributed by atoms with van der Waals surface area (Å²) in [6.07, 6.45) is 2.18. The van der Waals surface area contributed by atoms with E-state index < -0.39 is 6.61 Å². The maximum atomic E-state index is 12.2. The molecule has 1 saturated carbocycles. The van der Waals surface area contributed by atoms with Gasteiger partial charge in [0.2, 0.25) is 0 Å². The lowest BCUT2D eigenvalue weighted by Crippen LogP contribution is -2.01. The van der Waals surface area contributed by atoms with Gasteiger partial charge in [-0.05, 0) is 47.9 Å². The zero-order chi connectivity index (χ0) is 17.1. The first-order valence-corrected chi connectivity index (χ1v) is 8.02. The minimum Gasteiger partial charge on any atom is -0.435 e. The van der Waals surface area contributed by atoms with Crippen LogP contribution in [0.3, 0.4) is 0 Å². The van der Waals surface area contributed by atoms with Crippen molar-refractivity contribution in [3.05, 3.63) is 48.0 Å². The van der Waals surface area contributed by atoms with Crippen LogP contribution in [0, 0.1) is 5.92 Å². The number of ether oxygens (including phenoxy) is 2. The quantitative estimate of drug-likeness (QED) is 0.749. The highest BCUT2D eigenvalue weighted by Gasteiger charge is 2.39. The van der Waals surface area contributed by atoms with E-state index in [4.69, 9.17) is 10.5 Å². The van der Waals surface area contributed by atoms with Crippen molar-refractivity contribution in [2.24, 2.45) is 5.92 Å². The lowest BCUT2D eigenvalue weighted by molar-refractivity contribution is -0.0498. The first-order valence-electron chi connectivity index (χ1n) is 8.02. The van der Waals surface area contributed by atoms with Crippen LogP contribution in [0.25, 0.3) is 11.1 Å². The highest BCUT2D eigenvalue weighted by molar-refractivity contribution is 5.79. The fraction of sp³-hybridized carbons (Fsp3) is 0.368. The second-order valence-electron chi connectivity index (χ2n) is 6.10. The van der Waals surface area contributed by atoms with Crippen LogP contribution < -0.4 is 10.5 Å². The van der Waals surface area contributed by atoms with Crippen LogP contribution in [-0.2, 0) is 4.74 Å². The molecule has 0 heterocycles. The molecular formula is C19H21F2NO2. The molecule has 0 spiro atoms. The molecule has 2 atom stereocenters. The van der Waals surface area contributed by atoms with Crippen LogP contribution in [0.5, 0.6) is 5.75 Å². The lowest BCUT2D eigenvalue weighted by atomic mass is 9.97. The van der Waals surface area contributed by atoms with Gasteiger partial charge in [-0.1, -0.05) is 30.3 Å². The fourth-order valence-corrected chi connectivity index (χ4v) is 3.19. The summed E-state index contributed by atoms with van der Waals surface area (Å²) >= 11 is 0. The summed E-state index contributed by atoms with van der Waals surface area (Å²) in [6.45, 7) is -2.05. The Morgan fingerprint density at radius 3 is 2.58 bits per heavy atom. The number of alkyl halides is 2. The number of benzene rings is 2. The Hall–Kier alpha value is -2.14. The smallest absolute Gasteiger partial charge is 0.387 e. The lowest BCUT2D eigenvalue weighted by Gasteiger charge is -2.12. The van der Waals surface area contributed by atoms with Crippen molar-refractivity contribution in [1.29, 1.82) is 0 Å². The first-order chi connectivity index (χ1) is 11.6. The maximum Gasteiger partial charge on any atom is 0.387 e. The van der Waals surface area contributed by atoms with E-state index in [0.29, 0.717) is 11.8 Å². The van der Waals surface area contributed by atoms with Gasteiger partial charge in [0.05, 0.1) is 0 Å². The van der Waals surface area contributed by atoms with Crippen LogP contribution in [0.2, 0.25) is 0 Å². The van der Waals surface area contributed by atoms with Gasteiger partial charge in [-0.25, -0.2) is 0 Å². The van der Waals surface area contributed by atoms with Crippen molar-refractivity contribution < 1.29 is 18.3 Å². The molecule has 0 radical (unpaired) electrons. The van der Waals surface area contributed by atoms with Crippen molar-refractivity contribution >= 4 is 5.69 Å². The fourth-order valence-electron chi connectivity index (χ4n) is 3.19. The van der Waals surface area contributed by atoms with E-state index in [1.54, 1.807) is 19.2 Å². The third-order valence-electron chi connectivity index (χ3n) is 4.55. The summed E-state index contributed by atoms with van der Waals surface area (Å²) in [4.78, 5) is 0. The van der Waals surface area contributed by atoms with E-state index in [-0.39, 0.29) is 5.75 Å². The minimum absolute atomic E-state index is 0.144. The number of methoxy groups -OCH3 is 1. The molecule has 1 aliphatic carbocycles. The van der Waals surface area contributed by atoms with Gasteiger partial charge in [0.25, 0.3) is 0 Å². The SMILES string of the molecule is COCCC1CC1c1cccc(-c2ccc(OC(F)F)cc2)c1N. The second-order valence-corrected chi connectivity index (χ2v) is 6.10. The van der Waals surface area contributed by atoms with Crippen molar-refractivity contribution in [1.82, 2.24) is 0 Å². The number of para-hydroxylation sites is 1. The number of rotatable bonds is 7. The van der Waals surface area contributed by atoms with E-state index in [0.717, 1.165) is 36.3 Å². The molecule has 3 rings (SSSR count). The summed E-state index contributed by atoms with van der Waals surface area (Å²) in [7, 11) is 1.72. The average molecular weight is 333 g/mol. The highest BCUT2D eigenvalue weighted by atomic mass is 19.3. The molecule has 5 heteroatoms.